The number of aliphatic hydroxyl groups is 2. The van der Waals surface area contributed by atoms with Crippen LogP contribution in [-0.2, 0) is 0 Å². The molecule has 1 aromatic rings. The molecule has 0 bridgehead atoms. The number of nitro groups is 1. The normalized spacial score (nSPS) is 12.5. The molecule has 17 heavy (non-hydrogen) atoms. The van der Waals surface area contributed by atoms with E-state index in [0.29, 0.717) is 0 Å². The molecule has 0 aliphatic carbocycles. The smallest absolute Gasteiger partial charge is 0.284 e. The Morgan fingerprint density at radius 3 is 2.76 bits per heavy atom. The van der Waals surface area contributed by atoms with Crippen LogP contribution in [0.3, 0.4) is 0 Å². The van der Waals surface area contributed by atoms with E-state index < -0.39 is 23.5 Å². The number of rotatable bonds is 5. The SMILES string of the molecule is O=[N+]([O-])c1cc(I)c(F)cc1SCC(O)CO. The largest absolute Gasteiger partial charge is 0.394 e. The summed E-state index contributed by atoms with van der Waals surface area (Å²) >= 11 is 2.61. The Morgan fingerprint density at radius 2 is 2.24 bits per heavy atom. The first-order valence-corrected chi connectivity index (χ1v) is 6.57. The molecule has 2 N–H and O–H groups in total. The minimum Gasteiger partial charge on any atom is -0.394 e. The molecular weight excluding hydrogens is 364 g/mol. The van der Waals surface area contributed by atoms with Gasteiger partial charge in [0.2, 0.25) is 0 Å². The van der Waals surface area contributed by atoms with Gasteiger partial charge >= 0.3 is 0 Å². The Balaban J connectivity index is 2.96. The lowest BCUT2D eigenvalue weighted by Gasteiger charge is -2.07. The molecular formula is C9H9FINO4S. The van der Waals surface area contributed by atoms with Crippen LogP contribution >= 0.6 is 34.4 Å². The van der Waals surface area contributed by atoms with E-state index in [1.807, 2.05) is 0 Å². The van der Waals surface area contributed by atoms with E-state index in [1.165, 1.54) is 0 Å². The molecule has 0 heterocycles. The minimum atomic E-state index is -0.984. The number of nitrogens with zero attached hydrogens (tertiary/aromatic N) is 1. The Bertz CT molecular complexity index is 432. The van der Waals surface area contributed by atoms with Crippen molar-refractivity contribution in [1.29, 1.82) is 0 Å². The van der Waals surface area contributed by atoms with Crippen LogP contribution in [0.5, 0.6) is 0 Å². The molecule has 0 amide bonds. The first-order chi connectivity index (χ1) is 7.95. The van der Waals surface area contributed by atoms with Crippen LogP contribution in [0.4, 0.5) is 10.1 Å². The monoisotopic (exact) mass is 373 g/mol. The maximum absolute atomic E-state index is 13.3. The highest BCUT2D eigenvalue weighted by atomic mass is 127. The quantitative estimate of drug-likeness (QED) is 0.356. The molecule has 1 rings (SSSR count). The topological polar surface area (TPSA) is 83.6 Å². The molecule has 5 nitrogen and oxygen atoms in total. The first-order valence-electron chi connectivity index (χ1n) is 4.51. The molecule has 0 aromatic heterocycles. The Hall–Kier alpha value is -0.450. The van der Waals surface area contributed by atoms with Crippen molar-refractivity contribution in [2.24, 2.45) is 0 Å². The van der Waals surface area contributed by atoms with Crippen molar-refractivity contribution in [1.82, 2.24) is 0 Å². The van der Waals surface area contributed by atoms with Crippen molar-refractivity contribution >= 4 is 40.0 Å². The van der Waals surface area contributed by atoms with Crippen LogP contribution in [0.15, 0.2) is 17.0 Å². The number of hydrogen-bond donors (Lipinski definition) is 2. The lowest BCUT2D eigenvalue weighted by Crippen LogP contribution is -2.14. The van der Waals surface area contributed by atoms with E-state index in [2.05, 4.69) is 0 Å². The lowest BCUT2D eigenvalue weighted by atomic mass is 10.3. The number of thioether (sulfide) groups is 1. The number of halogens is 2. The van der Waals surface area contributed by atoms with Gasteiger partial charge in [0.25, 0.3) is 5.69 Å². The third-order valence-electron chi connectivity index (χ3n) is 1.84. The molecule has 0 saturated carbocycles. The van der Waals surface area contributed by atoms with Gasteiger partial charge < -0.3 is 10.2 Å². The van der Waals surface area contributed by atoms with Crippen molar-refractivity contribution in [3.05, 3.63) is 31.6 Å². The maximum atomic E-state index is 13.3. The zero-order chi connectivity index (χ0) is 13.0. The third-order valence-corrected chi connectivity index (χ3v) is 3.86. The molecule has 8 heteroatoms. The minimum absolute atomic E-state index is 0.0668. The zero-order valence-electron chi connectivity index (χ0n) is 8.47. The number of hydrogen-bond acceptors (Lipinski definition) is 5. The fourth-order valence-electron chi connectivity index (χ4n) is 1.02. The summed E-state index contributed by atoms with van der Waals surface area (Å²) in [5, 5.41) is 28.5. The maximum Gasteiger partial charge on any atom is 0.284 e. The van der Waals surface area contributed by atoms with E-state index in [-0.39, 0.29) is 19.9 Å². The summed E-state index contributed by atoms with van der Waals surface area (Å²) in [6.07, 6.45) is -0.984. The van der Waals surface area contributed by atoms with Crippen LogP contribution in [-0.4, -0.2) is 33.6 Å². The van der Waals surface area contributed by atoms with Crippen molar-refractivity contribution in [2.45, 2.75) is 11.0 Å². The Kier molecular flexibility index (Phi) is 5.56. The van der Waals surface area contributed by atoms with Gasteiger partial charge in [0.15, 0.2) is 0 Å². The molecule has 0 aliphatic heterocycles. The molecule has 1 atom stereocenters. The highest BCUT2D eigenvalue weighted by molar-refractivity contribution is 14.1. The second-order valence-corrected chi connectivity index (χ2v) is 5.36. The van der Waals surface area contributed by atoms with Gasteiger partial charge in [-0.15, -0.1) is 11.8 Å². The summed E-state index contributed by atoms with van der Waals surface area (Å²) < 4.78 is 13.4. The van der Waals surface area contributed by atoms with E-state index in [0.717, 1.165) is 23.9 Å². The molecule has 94 valence electrons. The third kappa shape index (κ3) is 4.05. The van der Waals surface area contributed by atoms with Gasteiger partial charge in [-0.05, 0) is 28.7 Å². The van der Waals surface area contributed by atoms with Crippen molar-refractivity contribution in [3.63, 3.8) is 0 Å². The average molecular weight is 373 g/mol. The average Bonchev–Trinajstić information content (AvgIpc) is 2.29. The van der Waals surface area contributed by atoms with E-state index in [4.69, 9.17) is 10.2 Å². The number of benzene rings is 1. The Morgan fingerprint density at radius 1 is 1.59 bits per heavy atom. The van der Waals surface area contributed by atoms with Crippen LogP contribution < -0.4 is 0 Å². The van der Waals surface area contributed by atoms with Gasteiger partial charge in [-0.2, -0.15) is 0 Å². The molecule has 0 aliphatic rings. The summed E-state index contributed by atoms with van der Waals surface area (Å²) in [6.45, 7) is -0.437. The van der Waals surface area contributed by atoms with Crippen LogP contribution in [0.1, 0.15) is 0 Å². The van der Waals surface area contributed by atoms with Gasteiger partial charge in [-0.3, -0.25) is 10.1 Å². The standard InChI is InChI=1S/C9H9FINO4S/c10-6-1-9(17-4-5(14)3-13)8(12(15)16)2-7(6)11/h1-2,5,13-14H,3-4H2. The molecule has 0 radical (unpaired) electrons. The predicted molar refractivity (Wildman–Crippen MR) is 69.6 cm³/mol. The summed E-state index contributed by atoms with van der Waals surface area (Å²) in [7, 11) is 0. The fourth-order valence-corrected chi connectivity index (χ4v) is 2.41. The second-order valence-electron chi connectivity index (χ2n) is 3.14. The summed E-state index contributed by atoms with van der Waals surface area (Å²) in [5.41, 5.74) is -0.203. The fraction of sp³-hybridized carbons (Fsp3) is 0.333. The zero-order valence-corrected chi connectivity index (χ0v) is 11.4. The summed E-state index contributed by atoms with van der Waals surface area (Å²) in [5.74, 6) is -0.477. The van der Waals surface area contributed by atoms with E-state index >= 15 is 0 Å². The van der Waals surface area contributed by atoms with Gasteiger partial charge in [0.05, 0.1) is 26.1 Å². The van der Waals surface area contributed by atoms with Gasteiger partial charge in [-0.1, -0.05) is 0 Å². The highest BCUT2D eigenvalue weighted by Gasteiger charge is 2.18. The first kappa shape index (κ1) is 14.6. The van der Waals surface area contributed by atoms with Crippen LogP contribution in [0.25, 0.3) is 0 Å². The lowest BCUT2D eigenvalue weighted by molar-refractivity contribution is -0.387. The van der Waals surface area contributed by atoms with Crippen molar-refractivity contribution in [2.75, 3.05) is 12.4 Å². The Labute approximate surface area is 114 Å². The number of nitro benzene ring substituents is 1. The van der Waals surface area contributed by atoms with Gasteiger partial charge in [0, 0.05) is 11.8 Å². The predicted octanol–water partition coefficient (Wildman–Crippen LogP) is 1.78. The molecule has 1 aromatic carbocycles. The van der Waals surface area contributed by atoms with Crippen molar-refractivity contribution in [3.8, 4) is 0 Å². The highest BCUT2D eigenvalue weighted by Crippen LogP contribution is 2.32. The van der Waals surface area contributed by atoms with E-state index in [1.54, 1.807) is 22.6 Å². The van der Waals surface area contributed by atoms with Gasteiger partial charge in [-0.25, -0.2) is 4.39 Å². The second kappa shape index (κ2) is 6.47. The van der Waals surface area contributed by atoms with Crippen LogP contribution in [0, 0.1) is 19.5 Å². The summed E-state index contributed by atoms with van der Waals surface area (Å²) in [4.78, 5) is 10.3. The van der Waals surface area contributed by atoms with Crippen LogP contribution in [0.2, 0.25) is 0 Å². The molecule has 0 spiro atoms. The summed E-state index contributed by atoms with van der Waals surface area (Å²) in [6, 6.07) is 2.21. The van der Waals surface area contributed by atoms with E-state index in [9.17, 15) is 14.5 Å². The van der Waals surface area contributed by atoms with Gasteiger partial charge in [0.1, 0.15) is 5.82 Å². The van der Waals surface area contributed by atoms with Crippen molar-refractivity contribution < 1.29 is 19.5 Å². The molecule has 0 saturated heterocycles. The molecule has 1 unspecified atom stereocenters. The number of aliphatic hydroxyl groups excluding tert-OH is 2. The molecule has 0 fully saturated rings.